The van der Waals surface area contributed by atoms with E-state index in [9.17, 15) is 19.5 Å². The molecule has 1 aromatic carbocycles. The van der Waals surface area contributed by atoms with Gasteiger partial charge in [-0.3, -0.25) is 18.7 Å². The highest BCUT2D eigenvalue weighted by Crippen LogP contribution is 2.16. The molecule has 2 aromatic heterocycles. The van der Waals surface area contributed by atoms with Gasteiger partial charge in [0.25, 0.3) is 11.5 Å². The molecule has 0 bridgehead atoms. The molecule has 0 saturated heterocycles. The number of benzene rings is 1. The van der Waals surface area contributed by atoms with Gasteiger partial charge in [0.1, 0.15) is 5.65 Å². The highest BCUT2D eigenvalue weighted by Gasteiger charge is 2.15. The van der Waals surface area contributed by atoms with Crippen LogP contribution in [-0.4, -0.2) is 44.4 Å². The summed E-state index contributed by atoms with van der Waals surface area (Å²) in [6, 6.07) is 11.0. The fraction of sp³-hybridized carbons (Fsp3) is 0.333. The number of hydrogen-bond acceptors (Lipinski definition) is 6. The molecule has 0 radical (unpaired) electrons. The second-order valence-electron chi connectivity index (χ2n) is 7.05. The van der Waals surface area contributed by atoms with Crippen molar-refractivity contribution in [3.63, 3.8) is 0 Å². The zero-order chi connectivity index (χ0) is 21.8. The number of nitrogens with one attached hydrogen (secondary N) is 1. The van der Waals surface area contributed by atoms with Crippen molar-refractivity contribution in [2.45, 2.75) is 19.1 Å². The van der Waals surface area contributed by atoms with Crippen LogP contribution in [0.15, 0.2) is 52.2 Å². The van der Waals surface area contributed by atoms with E-state index in [1.165, 1.54) is 30.9 Å². The summed E-state index contributed by atoms with van der Waals surface area (Å²) < 4.78 is 7.85. The van der Waals surface area contributed by atoms with Gasteiger partial charge in [-0.2, -0.15) is 0 Å². The molecule has 0 aliphatic rings. The monoisotopic (exact) mass is 412 g/mol. The first-order valence-corrected chi connectivity index (χ1v) is 9.48. The Balaban J connectivity index is 1.62. The zero-order valence-electron chi connectivity index (χ0n) is 17.0. The number of aryl methyl sites for hydroxylation is 1. The summed E-state index contributed by atoms with van der Waals surface area (Å²) in [5, 5.41) is 12.9. The fourth-order valence-corrected chi connectivity index (χ4v) is 3.04. The van der Waals surface area contributed by atoms with Crippen LogP contribution in [0, 0.1) is 0 Å². The number of carbonyl (C=O) groups is 1. The van der Waals surface area contributed by atoms with Crippen molar-refractivity contribution in [3.8, 4) is 0 Å². The fourth-order valence-electron chi connectivity index (χ4n) is 3.04. The molecule has 2 heterocycles. The molecule has 1 amide bonds. The smallest absolute Gasteiger partial charge is 0.332 e. The lowest BCUT2D eigenvalue weighted by Crippen LogP contribution is -2.38. The molecule has 0 aliphatic heterocycles. The minimum absolute atomic E-state index is 0.0241. The van der Waals surface area contributed by atoms with Crippen molar-refractivity contribution in [2.24, 2.45) is 14.1 Å². The number of aliphatic hydroxyl groups excluding tert-OH is 1. The first-order chi connectivity index (χ1) is 14.3. The molecular weight excluding hydrogens is 388 g/mol. The van der Waals surface area contributed by atoms with E-state index in [0.29, 0.717) is 0 Å². The van der Waals surface area contributed by atoms with Crippen LogP contribution in [0.25, 0.3) is 11.0 Å². The van der Waals surface area contributed by atoms with Gasteiger partial charge < -0.3 is 15.2 Å². The molecule has 9 nitrogen and oxygen atoms in total. The molecule has 158 valence electrons. The number of ether oxygens (including phenoxy) is 1. The lowest BCUT2D eigenvalue weighted by molar-refractivity contribution is -0.00171. The molecule has 9 heteroatoms. The maximum Gasteiger partial charge on any atom is 0.332 e. The summed E-state index contributed by atoms with van der Waals surface area (Å²) in [6.07, 6.45) is 0.197. The molecule has 0 spiro atoms. The van der Waals surface area contributed by atoms with E-state index in [1.54, 1.807) is 0 Å². The first-order valence-electron chi connectivity index (χ1n) is 9.48. The molecule has 2 atom stereocenters. The third-order valence-corrected chi connectivity index (χ3v) is 4.86. The van der Waals surface area contributed by atoms with Crippen LogP contribution in [0.2, 0.25) is 0 Å². The molecule has 2 N–H and O–H groups in total. The van der Waals surface area contributed by atoms with Crippen molar-refractivity contribution in [1.82, 2.24) is 19.4 Å². The maximum atomic E-state index is 12.4. The summed E-state index contributed by atoms with van der Waals surface area (Å²) in [6.45, 7) is 1.91. The van der Waals surface area contributed by atoms with Crippen molar-refractivity contribution < 1.29 is 14.6 Å². The SMILES string of the molecule is C[C@@H](OC[C@@H](O)CNC(=O)c1cnc2c(c1)c(=O)n(C)c(=O)n2C)c1ccccc1. The van der Waals surface area contributed by atoms with Crippen LogP contribution in [0.3, 0.4) is 0 Å². The Morgan fingerprint density at radius 2 is 1.90 bits per heavy atom. The van der Waals surface area contributed by atoms with E-state index in [1.807, 2.05) is 37.3 Å². The van der Waals surface area contributed by atoms with E-state index < -0.39 is 23.3 Å². The summed E-state index contributed by atoms with van der Waals surface area (Å²) in [4.78, 5) is 40.8. The van der Waals surface area contributed by atoms with Gasteiger partial charge in [-0.05, 0) is 18.6 Å². The molecule has 0 unspecified atom stereocenters. The maximum absolute atomic E-state index is 12.4. The number of amides is 1. The number of aliphatic hydroxyl groups is 1. The molecule has 30 heavy (non-hydrogen) atoms. The minimum Gasteiger partial charge on any atom is -0.389 e. The van der Waals surface area contributed by atoms with Gasteiger partial charge in [-0.25, -0.2) is 9.78 Å². The Bertz CT molecular complexity index is 1170. The largest absolute Gasteiger partial charge is 0.389 e. The summed E-state index contributed by atoms with van der Waals surface area (Å²) >= 11 is 0. The Morgan fingerprint density at radius 1 is 1.20 bits per heavy atom. The van der Waals surface area contributed by atoms with E-state index in [4.69, 9.17) is 4.74 Å². The standard InChI is InChI=1S/C21H24N4O5/c1-13(14-7-5-4-6-8-14)30-12-16(26)11-23-19(27)15-9-17-18(22-10-15)24(2)21(29)25(3)20(17)28/h4-10,13,16,26H,11-12H2,1-3H3,(H,23,27)/t13-,16+/m1/s1. The van der Waals surface area contributed by atoms with Gasteiger partial charge >= 0.3 is 5.69 Å². The van der Waals surface area contributed by atoms with Crippen LogP contribution >= 0.6 is 0 Å². The molecule has 0 aliphatic carbocycles. The first kappa shape index (κ1) is 21.4. The van der Waals surface area contributed by atoms with Gasteiger partial charge in [0, 0.05) is 26.8 Å². The third-order valence-electron chi connectivity index (χ3n) is 4.86. The molecular formula is C21H24N4O5. The number of nitrogens with zero attached hydrogens (tertiary/aromatic N) is 3. The van der Waals surface area contributed by atoms with Crippen molar-refractivity contribution in [1.29, 1.82) is 0 Å². The van der Waals surface area contributed by atoms with Crippen LogP contribution < -0.4 is 16.6 Å². The van der Waals surface area contributed by atoms with Gasteiger partial charge in [-0.15, -0.1) is 0 Å². The Morgan fingerprint density at radius 3 is 2.60 bits per heavy atom. The highest BCUT2D eigenvalue weighted by molar-refractivity contribution is 5.96. The topological polar surface area (TPSA) is 115 Å². The molecule has 3 aromatic rings. The van der Waals surface area contributed by atoms with Gasteiger partial charge in [0.2, 0.25) is 0 Å². The lowest BCUT2D eigenvalue weighted by Gasteiger charge is -2.17. The number of aromatic nitrogens is 3. The zero-order valence-corrected chi connectivity index (χ0v) is 17.0. The average molecular weight is 412 g/mol. The summed E-state index contributed by atoms with van der Waals surface area (Å²) in [7, 11) is 2.87. The molecule has 0 saturated carbocycles. The van der Waals surface area contributed by atoms with Crippen molar-refractivity contribution in [3.05, 3.63) is 74.6 Å². The minimum atomic E-state index is -0.901. The van der Waals surface area contributed by atoms with Crippen molar-refractivity contribution in [2.75, 3.05) is 13.2 Å². The quantitative estimate of drug-likeness (QED) is 0.584. The van der Waals surface area contributed by atoms with Crippen LogP contribution in [0.1, 0.15) is 28.9 Å². The van der Waals surface area contributed by atoms with Crippen LogP contribution in [0.4, 0.5) is 0 Å². The number of fused-ring (bicyclic) bond motifs is 1. The predicted molar refractivity (Wildman–Crippen MR) is 111 cm³/mol. The summed E-state index contributed by atoms with van der Waals surface area (Å²) in [5.41, 5.74) is 0.322. The Kier molecular flexibility index (Phi) is 6.43. The Labute approximate surface area is 172 Å². The lowest BCUT2D eigenvalue weighted by atomic mass is 10.1. The van der Waals surface area contributed by atoms with Gasteiger partial charge in [0.05, 0.1) is 29.8 Å². The van der Waals surface area contributed by atoms with Gasteiger partial charge in [0.15, 0.2) is 0 Å². The molecule has 0 fully saturated rings. The number of carbonyl (C=O) groups excluding carboxylic acids is 1. The number of hydrogen-bond donors (Lipinski definition) is 2. The normalized spacial score (nSPS) is 13.2. The van der Waals surface area contributed by atoms with E-state index in [-0.39, 0.29) is 35.9 Å². The average Bonchev–Trinajstić information content (AvgIpc) is 2.78. The van der Waals surface area contributed by atoms with E-state index >= 15 is 0 Å². The third kappa shape index (κ3) is 4.47. The van der Waals surface area contributed by atoms with Gasteiger partial charge in [-0.1, -0.05) is 30.3 Å². The number of rotatable bonds is 7. The van der Waals surface area contributed by atoms with E-state index in [2.05, 4.69) is 10.3 Å². The highest BCUT2D eigenvalue weighted by atomic mass is 16.5. The Hall–Kier alpha value is -3.30. The number of pyridine rings is 1. The van der Waals surface area contributed by atoms with Crippen LogP contribution in [-0.2, 0) is 18.8 Å². The van der Waals surface area contributed by atoms with Crippen molar-refractivity contribution >= 4 is 16.9 Å². The van der Waals surface area contributed by atoms with E-state index in [0.717, 1.165) is 10.1 Å². The summed E-state index contributed by atoms with van der Waals surface area (Å²) in [5.74, 6) is -0.490. The molecule has 3 rings (SSSR count). The van der Waals surface area contributed by atoms with Crippen LogP contribution in [0.5, 0.6) is 0 Å². The second kappa shape index (κ2) is 9.02. The second-order valence-corrected chi connectivity index (χ2v) is 7.05. The predicted octanol–water partition coefficient (Wildman–Crippen LogP) is 0.501.